The number of carboxylic acids is 1. The lowest BCUT2D eigenvalue weighted by Crippen LogP contribution is -2.45. The number of carboxylic acid groups (broad SMARTS) is 1. The van der Waals surface area contributed by atoms with E-state index in [2.05, 4.69) is 10.6 Å². The van der Waals surface area contributed by atoms with Crippen molar-refractivity contribution < 1.29 is 23.1 Å². The fourth-order valence-electron chi connectivity index (χ4n) is 2.46. The first-order valence-electron chi connectivity index (χ1n) is 8.40. The number of benzene rings is 1. The average Bonchev–Trinajstić information content (AvgIpc) is 3.37. The Morgan fingerprint density at radius 3 is 2.31 bits per heavy atom. The molecule has 2 amide bonds. The molecule has 1 aliphatic carbocycles. The highest BCUT2D eigenvalue weighted by molar-refractivity contribution is 7.89. The van der Waals surface area contributed by atoms with Crippen LogP contribution in [0.1, 0.15) is 39.5 Å². The predicted octanol–water partition coefficient (Wildman–Crippen LogP) is 2.23. The van der Waals surface area contributed by atoms with Gasteiger partial charge >= 0.3 is 12.0 Å². The second-order valence-corrected chi connectivity index (χ2v) is 9.13. The molecule has 3 N–H and O–H groups in total. The first-order chi connectivity index (χ1) is 12.0. The first-order valence-corrected chi connectivity index (χ1v) is 9.84. The summed E-state index contributed by atoms with van der Waals surface area (Å²) in [6.45, 7) is 3.47. The summed E-state index contributed by atoms with van der Waals surface area (Å²) in [5.41, 5.74) is -0.233. The van der Waals surface area contributed by atoms with Crippen molar-refractivity contribution in [3.63, 3.8) is 0 Å². The minimum absolute atomic E-state index is 0.0473. The van der Waals surface area contributed by atoms with Gasteiger partial charge in [0.15, 0.2) is 0 Å². The Bertz CT molecular complexity index is 770. The molecule has 0 aliphatic heterocycles. The molecule has 2 rings (SSSR count). The average molecular weight is 383 g/mol. The zero-order valence-electron chi connectivity index (χ0n) is 15.2. The molecule has 1 aromatic carbocycles. The van der Waals surface area contributed by atoms with Crippen LogP contribution in [0.3, 0.4) is 0 Å². The van der Waals surface area contributed by atoms with Crippen LogP contribution in [0.15, 0.2) is 29.2 Å². The third-order valence-corrected chi connectivity index (χ3v) is 6.19. The van der Waals surface area contributed by atoms with Crippen LogP contribution in [-0.2, 0) is 14.8 Å². The number of hydrogen-bond donors (Lipinski definition) is 3. The fourth-order valence-corrected chi connectivity index (χ4v) is 3.88. The molecule has 0 unspecified atom stereocenters. The molecular weight excluding hydrogens is 358 g/mol. The summed E-state index contributed by atoms with van der Waals surface area (Å²) < 4.78 is 26.3. The maximum Gasteiger partial charge on any atom is 0.319 e. The normalized spacial score (nSPS) is 14.9. The second kappa shape index (κ2) is 7.63. The molecule has 9 heteroatoms. The van der Waals surface area contributed by atoms with Gasteiger partial charge in [0.25, 0.3) is 0 Å². The lowest BCUT2D eigenvalue weighted by molar-refractivity contribution is -0.137. The van der Waals surface area contributed by atoms with Crippen molar-refractivity contribution in [2.24, 2.45) is 0 Å². The molecule has 1 aromatic rings. The molecule has 144 valence electrons. The molecule has 0 spiro atoms. The molecule has 26 heavy (non-hydrogen) atoms. The van der Waals surface area contributed by atoms with Gasteiger partial charge in [-0.1, -0.05) is 0 Å². The summed E-state index contributed by atoms with van der Waals surface area (Å²) in [5.74, 6) is -0.923. The van der Waals surface area contributed by atoms with Crippen LogP contribution in [-0.4, -0.2) is 48.5 Å². The molecule has 0 radical (unpaired) electrons. The second-order valence-electron chi connectivity index (χ2n) is 7.13. The van der Waals surface area contributed by atoms with E-state index < -0.39 is 27.6 Å². The van der Waals surface area contributed by atoms with Gasteiger partial charge in [-0.25, -0.2) is 13.2 Å². The van der Waals surface area contributed by atoms with Gasteiger partial charge < -0.3 is 15.7 Å². The first kappa shape index (κ1) is 20.2. The molecular formula is C17H25N3O5S. The van der Waals surface area contributed by atoms with Crippen LogP contribution in [0.4, 0.5) is 10.5 Å². The van der Waals surface area contributed by atoms with E-state index in [1.807, 2.05) is 0 Å². The number of anilines is 1. The maximum absolute atomic E-state index is 12.4. The molecule has 1 aliphatic rings. The Kier molecular flexibility index (Phi) is 5.92. The Morgan fingerprint density at radius 2 is 1.81 bits per heavy atom. The van der Waals surface area contributed by atoms with Gasteiger partial charge in [0.1, 0.15) is 0 Å². The number of nitrogens with one attached hydrogen (secondary N) is 2. The number of rotatable bonds is 8. The van der Waals surface area contributed by atoms with E-state index in [0.717, 1.165) is 12.8 Å². The monoisotopic (exact) mass is 383 g/mol. The van der Waals surface area contributed by atoms with Crippen LogP contribution in [0.2, 0.25) is 0 Å². The minimum atomic E-state index is -3.52. The topological polar surface area (TPSA) is 116 Å². The number of sulfonamides is 1. The smallest absolute Gasteiger partial charge is 0.319 e. The molecule has 0 saturated heterocycles. The van der Waals surface area contributed by atoms with Gasteiger partial charge in [-0.2, -0.15) is 4.31 Å². The zero-order valence-corrected chi connectivity index (χ0v) is 16.0. The SMILES string of the molecule is CN(C1CC1)S(=O)(=O)c1ccc(NC(=O)NC(C)(C)CCC(=O)O)cc1. The summed E-state index contributed by atoms with van der Waals surface area (Å²) in [6.07, 6.45) is 2.01. The Balaban J connectivity index is 1.96. The van der Waals surface area contributed by atoms with Crippen molar-refractivity contribution in [3.8, 4) is 0 Å². The fraction of sp³-hybridized carbons (Fsp3) is 0.529. The number of amides is 2. The number of aliphatic carboxylic acids is 1. The largest absolute Gasteiger partial charge is 0.481 e. The van der Waals surface area contributed by atoms with Crippen molar-refractivity contribution in [3.05, 3.63) is 24.3 Å². The van der Waals surface area contributed by atoms with Crippen LogP contribution in [0.25, 0.3) is 0 Å². The standard InChI is InChI=1S/C17H25N3O5S/c1-17(2,11-10-15(21)22)19-16(23)18-12-4-8-14(9-5-12)26(24,25)20(3)13-6-7-13/h4-5,8-9,13H,6-7,10-11H2,1-3H3,(H,21,22)(H2,18,19,23). The van der Waals surface area contributed by atoms with E-state index in [4.69, 9.17) is 5.11 Å². The highest BCUT2D eigenvalue weighted by Crippen LogP contribution is 2.30. The maximum atomic E-state index is 12.4. The number of carbonyl (C=O) groups is 2. The van der Waals surface area contributed by atoms with E-state index in [-0.39, 0.29) is 17.4 Å². The number of nitrogens with zero attached hydrogens (tertiary/aromatic N) is 1. The van der Waals surface area contributed by atoms with Gasteiger partial charge in [-0.05, 0) is 57.4 Å². The summed E-state index contributed by atoms with van der Waals surface area (Å²) in [4.78, 5) is 22.9. The third-order valence-electron chi connectivity index (χ3n) is 4.27. The molecule has 0 atom stereocenters. The van der Waals surface area contributed by atoms with Crippen molar-refractivity contribution in [2.75, 3.05) is 12.4 Å². The third kappa shape index (κ3) is 5.43. The highest BCUT2D eigenvalue weighted by atomic mass is 32.2. The molecule has 1 saturated carbocycles. The van der Waals surface area contributed by atoms with E-state index in [9.17, 15) is 18.0 Å². The Morgan fingerprint density at radius 1 is 1.23 bits per heavy atom. The van der Waals surface area contributed by atoms with Crippen molar-refractivity contribution in [2.45, 2.75) is 56.0 Å². The van der Waals surface area contributed by atoms with Crippen molar-refractivity contribution >= 4 is 27.7 Å². The quantitative estimate of drug-likeness (QED) is 0.637. The van der Waals surface area contributed by atoms with Gasteiger partial charge in [-0.3, -0.25) is 4.79 Å². The molecule has 8 nitrogen and oxygen atoms in total. The lowest BCUT2D eigenvalue weighted by atomic mass is 9.99. The van der Waals surface area contributed by atoms with Crippen molar-refractivity contribution in [1.29, 1.82) is 0 Å². The van der Waals surface area contributed by atoms with E-state index in [1.165, 1.54) is 28.6 Å². The van der Waals surface area contributed by atoms with Gasteiger partial charge in [0.2, 0.25) is 10.0 Å². The van der Waals surface area contributed by atoms with Gasteiger partial charge in [-0.15, -0.1) is 0 Å². The van der Waals surface area contributed by atoms with Gasteiger partial charge in [0, 0.05) is 30.7 Å². The molecule has 1 fully saturated rings. The van der Waals surface area contributed by atoms with E-state index in [0.29, 0.717) is 12.1 Å². The van der Waals surface area contributed by atoms with Crippen LogP contribution in [0.5, 0.6) is 0 Å². The van der Waals surface area contributed by atoms with E-state index in [1.54, 1.807) is 20.9 Å². The number of hydrogen-bond acceptors (Lipinski definition) is 4. The molecule has 0 aromatic heterocycles. The van der Waals surface area contributed by atoms with Crippen LogP contribution < -0.4 is 10.6 Å². The molecule has 0 bridgehead atoms. The number of carbonyl (C=O) groups excluding carboxylic acids is 1. The summed E-state index contributed by atoms with van der Waals surface area (Å²) in [6, 6.07) is 5.57. The van der Waals surface area contributed by atoms with Crippen LogP contribution >= 0.6 is 0 Å². The Labute approximate surface area is 153 Å². The van der Waals surface area contributed by atoms with Crippen molar-refractivity contribution in [1.82, 2.24) is 9.62 Å². The summed E-state index contributed by atoms with van der Waals surface area (Å²) >= 11 is 0. The lowest BCUT2D eigenvalue weighted by Gasteiger charge is -2.25. The zero-order chi connectivity index (χ0) is 19.5. The summed E-state index contributed by atoms with van der Waals surface area (Å²) in [5, 5.41) is 14.1. The Hall–Kier alpha value is -2.13. The minimum Gasteiger partial charge on any atom is -0.481 e. The van der Waals surface area contributed by atoms with Gasteiger partial charge in [0.05, 0.1) is 4.90 Å². The highest BCUT2D eigenvalue weighted by Gasteiger charge is 2.34. The number of urea groups is 1. The van der Waals surface area contributed by atoms with E-state index >= 15 is 0 Å². The molecule has 0 heterocycles. The predicted molar refractivity (Wildman–Crippen MR) is 97.5 cm³/mol. The van der Waals surface area contributed by atoms with Crippen LogP contribution in [0, 0.1) is 0 Å². The summed E-state index contributed by atoms with van der Waals surface area (Å²) in [7, 11) is -1.94.